The second-order valence-electron chi connectivity index (χ2n) is 8.79. The molecule has 0 spiro atoms. The summed E-state index contributed by atoms with van der Waals surface area (Å²) >= 11 is 5.74. The number of piperazine rings is 1. The van der Waals surface area contributed by atoms with E-state index < -0.39 is 10.0 Å². The number of halogens is 1. The zero-order valence-electron chi connectivity index (χ0n) is 17.3. The molecule has 7 nitrogen and oxygen atoms in total. The molecule has 3 aliphatic rings. The van der Waals surface area contributed by atoms with Gasteiger partial charge in [-0.15, -0.1) is 0 Å². The first kappa shape index (κ1) is 22.0. The maximum Gasteiger partial charge on any atom is 0.242 e. The number of hydrogen-bond donors (Lipinski definition) is 1. The number of nitrogens with zero attached hydrogens (tertiary/aromatic N) is 3. The highest BCUT2D eigenvalue weighted by atomic mass is 35.5. The lowest BCUT2D eigenvalue weighted by Gasteiger charge is -2.40. The van der Waals surface area contributed by atoms with Crippen LogP contribution in [-0.4, -0.2) is 67.4 Å². The lowest BCUT2D eigenvalue weighted by Crippen LogP contribution is -2.53. The summed E-state index contributed by atoms with van der Waals surface area (Å²) in [6.45, 7) is 3.62. The van der Waals surface area contributed by atoms with Crippen molar-refractivity contribution >= 4 is 27.5 Å². The van der Waals surface area contributed by atoms with Crippen molar-refractivity contribution in [2.75, 3.05) is 26.2 Å². The molecule has 30 heavy (non-hydrogen) atoms. The monoisotopic (exact) mass is 454 g/mol. The van der Waals surface area contributed by atoms with Crippen LogP contribution in [0.5, 0.6) is 0 Å². The molecule has 3 fully saturated rings. The molecular weight excluding hydrogens is 424 g/mol. The Morgan fingerprint density at radius 2 is 1.67 bits per heavy atom. The number of hydrogen-bond acceptors (Lipinski definition) is 5. The number of aromatic nitrogens is 1. The number of carbonyl (C=O) groups excluding carboxylic acids is 1. The van der Waals surface area contributed by atoms with Crippen molar-refractivity contribution in [3.8, 4) is 0 Å². The fourth-order valence-electron chi connectivity index (χ4n) is 5.10. The summed E-state index contributed by atoms with van der Waals surface area (Å²) in [6.07, 6.45) is 9.38. The van der Waals surface area contributed by atoms with Crippen LogP contribution in [0.3, 0.4) is 0 Å². The number of sulfonamides is 1. The van der Waals surface area contributed by atoms with Crippen LogP contribution in [0.25, 0.3) is 0 Å². The van der Waals surface area contributed by atoms with Gasteiger partial charge in [0.15, 0.2) is 0 Å². The molecule has 1 aromatic heterocycles. The molecule has 0 radical (unpaired) electrons. The zero-order chi connectivity index (χ0) is 21.1. The summed E-state index contributed by atoms with van der Waals surface area (Å²) in [4.78, 5) is 21.5. The first-order valence-corrected chi connectivity index (χ1v) is 13.0. The summed E-state index contributed by atoms with van der Waals surface area (Å²) in [6, 6.07) is 3.51. The Balaban J connectivity index is 1.24. The molecule has 9 heteroatoms. The van der Waals surface area contributed by atoms with Gasteiger partial charge in [0.2, 0.25) is 15.9 Å². The molecule has 1 amide bonds. The average Bonchev–Trinajstić information content (AvgIpc) is 3.29. The molecule has 0 aromatic carbocycles. The van der Waals surface area contributed by atoms with Crippen molar-refractivity contribution in [3.05, 3.63) is 23.5 Å². The number of nitrogens with one attached hydrogen (secondary N) is 1. The Hall–Kier alpha value is -1.22. The van der Waals surface area contributed by atoms with Crippen molar-refractivity contribution < 1.29 is 13.2 Å². The Labute approximate surface area is 184 Å². The number of amides is 1. The van der Waals surface area contributed by atoms with Gasteiger partial charge in [0, 0.05) is 50.4 Å². The lowest BCUT2D eigenvalue weighted by molar-refractivity contribution is -0.138. The molecule has 1 saturated heterocycles. The van der Waals surface area contributed by atoms with Gasteiger partial charge in [-0.3, -0.25) is 9.69 Å². The normalized spacial score (nSPS) is 26.8. The van der Waals surface area contributed by atoms with Crippen LogP contribution < -0.4 is 4.72 Å². The largest absolute Gasteiger partial charge is 0.340 e. The van der Waals surface area contributed by atoms with Gasteiger partial charge >= 0.3 is 0 Å². The van der Waals surface area contributed by atoms with Gasteiger partial charge in [0.1, 0.15) is 10.0 Å². The van der Waals surface area contributed by atoms with Crippen LogP contribution in [0, 0.1) is 5.92 Å². The topological polar surface area (TPSA) is 82.6 Å². The molecule has 2 heterocycles. The van der Waals surface area contributed by atoms with E-state index in [1.165, 1.54) is 44.0 Å². The minimum absolute atomic E-state index is 0.0148. The van der Waals surface area contributed by atoms with E-state index in [1.807, 2.05) is 4.90 Å². The Bertz CT molecular complexity index is 826. The van der Waals surface area contributed by atoms with Crippen LogP contribution in [-0.2, 0) is 14.8 Å². The van der Waals surface area contributed by atoms with E-state index in [1.54, 1.807) is 0 Å². The fourth-order valence-corrected chi connectivity index (χ4v) is 6.46. The lowest BCUT2D eigenvalue weighted by atomic mass is 9.85. The van der Waals surface area contributed by atoms with Crippen molar-refractivity contribution in [1.82, 2.24) is 19.5 Å². The smallest absolute Gasteiger partial charge is 0.242 e. The second kappa shape index (κ2) is 9.51. The van der Waals surface area contributed by atoms with E-state index >= 15 is 0 Å². The van der Waals surface area contributed by atoms with Gasteiger partial charge in [0.25, 0.3) is 0 Å². The molecule has 166 valence electrons. The predicted octanol–water partition coefficient (Wildman–Crippen LogP) is 2.66. The summed E-state index contributed by atoms with van der Waals surface area (Å²) in [5.41, 5.74) is 0. The highest BCUT2D eigenvalue weighted by Gasteiger charge is 2.34. The third-order valence-electron chi connectivity index (χ3n) is 6.88. The van der Waals surface area contributed by atoms with E-state index in [4.69, 9.17) is 11.6 Å². The molecule has 0 unspecified atom stereocenters. The first-order chi connectivity index (χ1) is 14.4. The van der Waals surface area contributed by atoms with Crippen LogP contribution in [0.1, 0.15) is 51.4 Å². The maximum absolute atomic E-state index is 13.0. The molecule has 0 bridgehead atoms. The molecule has 2 saturated carbocycles. The minimum atomic E-state index is -3.62. The van der Waals surface area contributed by atoms with Crippen molar-refractivity contribution in [1.29, 1.82) is 0 Å². The summed E-state index contributed by atoms with van der Waals surface area (Å²) in [7, 11) is -3.62. The van der Waals surface area contributed by atoms with Gasteiger partial charge in [-0.05, 0) is 50.7 Å². The van der Waals surface area contributed by atoms with Gasteiger partial charge < -0.3 is 4.90 Å². The number of carbonyl (C=O) groups is 1. The van der Waals surface area contributed by atoms with Gasteiger partial charge in [0.05, 0.1) is 0 Å². The van der Waals surface area contributed by atoms with Crippen molar-refractivity contribution in [2.45, 2.75) is 68.3 Å². The van der Waals surface area contributed by atoms with Crippen LogP contribution in [0.4, 0.5) is 0 Å². The minimum Gasteiger partial charge on any atom is -0.340 e. The number of pyridine rings is 1. The highest BCUT2D eigenvalue weighted by Crippen LogP contribution is 2.29. The van der Waals surface area contributed by atoms with Gasteiger partial charge in [-0.25, -0.2) is 18.1 Å². The molecule has 1 N–H and O–H groups in total. The molecule has 0 atom stereocenters. The van der Waals surface area contributed by atoms with E-state index in [2.05, 4.69) is 14.6 Å². The maximum atomic E-state index is 13.0. The predicted molar refractivity (Wildman–Crippen MR) is 116 cm³/mol. The van der Waals surface area contributed by atoms with Crippen LogP contribution >= 0.6 is 11.6 Å². The van der Waals surface area contributed by atoms with Crippen LogP contribution in [0.2, 0.25) is 5.15 Å². The van der Waals surface area contributed by atoms with E-state index in [0.717, 1.165) is 45.1 Å². The van der Waals surface area contributed by atoms with Crippen LogP contribution in [0.15, 0.2) is 23.2 Å². The molecule has 4 rings (SSSR count). The third kappa shape index (κ3) is 5.15. The Morgan fingerprint density at radius 1 is 1.00 bits per heavy atom. The summed E-state index contributed by atoms with van der Waals surface area (Å²) in [5, 5.41) is 0.261. The molecule has 2 aliphatic carbocycles. The van der Waals surface area contributed by atoms with E-state index in [0.29, 0.717) is 12.8 Å². The third-order valence-corrected chi connectivity index (χ3v) is 8.61. The average molecular weight is 455 g/mol. The number of rotatable bonds is 5. The quantitative estimate of drug-likeness (QED) is 0.691. The Kier molecular flexibility index (Phi) is 6.97. The summed E-state index contributed by atoms with van der Waals surface area (Å²) < 4.78 is 27.8. The van der Waals surface area contributed by atoms with Gasteiger partial charge in [-0.2, -0.15) is 0 Å². The summed E-state index contributed by atoms with van der Waals surface area (Å²) in [5.74, 6) is 0.269. The Morgan fingerprint density at radius 3 is 2.27 bits per heavy atom. The second-order valence-corrected chi connectivity index (χ2v) is 10.9. The molecular formula is C21H31ClN4O3S. The van der Waals surface area contributed by atoms with Crippen molar-refractivity contribution in [2.24, 2.45) is 5.92 Å². The van der Waals surface area contributed by atoms with Crippen molar-refractivity contribution in [3.63, 3.8) is 0 Å². The molecule has 1 aliphatic heterocycles. The van der Waals surface area contributed by atoms with E-state index in [9.17, 15) is 13.2 Å². The SMILES string of the molecule is O=C(C1CCC(NS(=O)(=O)c2ccc(Cl)nc2)CC1)N1CCN(C2CCCC2)CC1. The first-order valence-electron chi connectivity index (χ1n) is 11.1. The standard InChI is InChI=1S/C21H31ClN4O3S/c22-20-10-9-19(15-23-20)30(28,29)24-17-7-5-16(6-8-17)21(27)26-13-11-25(12-14-26)18-3-1-2-4-18/h9-10,15-18,24H,1-8,11-14H2. The fraction of sp³-hybridized carbons (Fsp3) is 0.714. The zero-order valence-corrected chi connectivity index (χ0v) is 18.9. The molecule has 1 aromatic rings. The van der Waals surface area contributed by atoms with E-state index in [-0.39, 0.29) is 27.9 Å². The van der Waals surface area contributed by atoms with Gasteiger partial charge in [-0.1, -0.05) is 24.4 Å². The highest BCUT2D eigenvalue weighted by molar-refractivity contribution is 7.89.